The third-order valence-corrected chi connectivity index (χ3v) is 4.09. The molecule has 1 aliphatic rings. The maximum absolute atomic E-state index is 5.71. The standard InChI is InChI=1S/C11H19N3S/c1-2-9-4-3-6-14(7-5-9)11-13-8-10(12)15-11/h8-9H,2-7,12H2,1H3. The van der Waals surface area contributed by atoms with Gasteiger partial charge in [-0.05, 0) is 25.2 Å². The molecule has 1 aliphatic heterocycles. The molecule has 0 spiro atoms. The van der Waals surface area contributed by atoms with Crippen molar-refractivity contribution in [1.29, 1.82) is 0 Å². The van der Waals surface area contributed by atoms with Crippen molar-refractivity contribution < 1.29 is 0 Å². The zero-order valence-electron chi connectivity index (χ0n) is 9.28. The van der Waals surface area contributed by atoms with Gasteiger partial charge in [-0.15, -0.1) is 0 Å². The molecule has 1 unspecified atom stereocenters. The SMILES string of the molecule is CCC1CCCN(c2ncc(N)s2)CC1. The first-order chi connectivity index (χ1) is 7.29. The fraction of sp³-hybridized carbons (Fsp3) is 0.727. The van der Waals surface area contributed by atoms with E-state index in [2.05, 4.69) is 16.8 Å². The Labute approximate surface area is 95.3 Å². The zero-order chi connectivity index (χ0) is 10.7. The van der Waals surface area contributed by atoms with Crippen LogP contribution in [0.25, 0.3) is 0 Å². The zero-order valence-corrected chi connectivity index (χ0v) is 10.1. The Morgan fingerprint density at radius 2 is 2.40 bits per heavy atom. The molecule has 15 heavy (non-hydrogen) atoms. The number of nitrogen functional groups attached to an aromatic ring is 1. The number of rotatable bonds is 2. The Kier molecular flexibility index (Phi) is 3.46. The minimum absolute atomic E-state index is 0.821. The first-order valence-electron chi connectivity index (χ1n) is 5.76. The van der Waals surface area contributed by atoms with Gasteiger partial charge >= 0.3 is 0 Å². The van der Waals surface area contributed by atoms with Crippen molar-refractivity contribution in [3.63, 3.8) is 0 Å². The van der Waals surface area contributed by atoms with Crippen LogP contribution in [0.1, 0.15) is 32.6 Å². The number of nitrogens with zero attached hydrogens (tertiary/aromatic N) is 2. The molecule has 1 aromatic rings. The number of aromatic nitrogens is 1. The summed E-state index contributed by atoms with van der Waals surface area (Å²) in [5.41, 5.74) is 5.71. The van der Waals surface area contributed by atoms with Crippen molar-refractivity contribution in [2.24, 2.45) is 5.92 Å². The highest BCUT2D eigenvalue weighted by molar-refractivity contribution is 7.19. The highest BCUT2D eigenvalue weighted by Gasteiger charge is 2.17. The smallest absolute Gasteiger partial charge is 0.187 e. The molecule has 2 N–H and O–H groups in total. The number of hydrogen-bond acceptors (Lipinski definition) is 4. The van der Waals surface area contributed by atoms with E-state index in [0.29, 0.717) is 0 Å². The van der Waals surface area contributed by atoms with Crippen LogP contribution in [0.15, 0.2) is 6.20 Å². The number of hydrogen-bond donors (Lipinski definition) is 1. The van der Waals surface area contributed by atoms with Crippen LogP contribution in [0, 0.1) is 5.92 Å². The minimum Gasteiger partial charge on any atom is -0.389 e. The number of nitrogens with two attached hydrogens (primary N) is 1. The predicted molar refractivity (Wildman–Crippen MR) is 66.4 cm³/mol. The lowest BCUT2D eigenvalue weighted by Crippen LogP contribution is -2.23. The molecule has 0 radical (unpaired) electrons. The van der Waals surface area contributed by atoms with E-state index in [9.17, 15) is 0 Å². The van der Waals surface area contributed by atoms with Crippen LogP contribution in [0.2, 0.25) is 0 Å². The highest BCUT2D eigenvalue weighted by atomic mass is 32.1. The number of thiazole rings is 1. The maximum Gasteiger partial charge on any atom is 0.187 e. The van der Waals surface area contributed by atoms with Crippen molar-refractivity contribution in [3.05, 3.63) is 6.20 Å². The fourth-order valence-corrected chi connectivity index (χ4v) is 2.92. The van der Waals surface area contributed by atoms with Gasteiger partial charge in [-0.2, -0.15) is 0 Å². The monoisotopic (exact) mass is 225 g/mol. The summed E-state index contributed by atoms with van der Waals surface area (Å²) in [6.45, 7) is 4.58. The molecule has 1 atom stereocenters. The first kappa shape index (κ1) is 10.7. The second kappa shape index (κ2) is 4.84. The molecule has 4 heteroatoms. The van der Waals surface area contributed by atoms with E-state index < -0.39 is 0 Å². The van der Waals surface area contributed by atoms with Crippen LogP contribution in [0.3, 0.4) is 0 Å². The summed E-state index contributed by atoms with van der Waals surface area (Å²) in [4.78, 5) is 6.74. The van der Waals surface area contributed by atoms with E-state index >= 15 is 0 Å². The Morgan fingerprint density at radius 1 is 1.53 bits per heavy atom. The van der Waals surface area contributed by atoms with Gasteiger partial charge in [-0.3, -0.25) is 0 Å². The van der Waals surface area contributed by atoms with E-state index in [0.717, 1.165) is 29.1 Å². The van der Waals surface area contributed by atoms with Crippen molar-refractivity contribution >= 4 is 21.5 Å². The molecule has 84 valence electrons. The average molecular weight is 225 g/mol. The van der Waals surface area contributed by atoms with E-state index in [1.165, 1.54) is 25.7 Å². The molecule has 0 saturated carbocycles. The van der Waals surface area contributed by atoms with Crippen molar-refractivity contribution in [3.8, 4) is 0 Å². The van der Waals surface area contributed by atoms with Crippen LogP contribution < -0.4 is 10.6 Å². The molecule has 2 heterocycles. The lowest BCUT2D eigenvalue weighted by Gasteiger charge is -2.18. The second-order valence-electron chi connectivity index (χ2n) is 4.24. The Hall–Kier alpha value is -0.770. The van der Waals surface area contributed by atoms with Gasteiger partial charge < -0.3 is 10.6 Å². The second-order valence-corrected chi connectivity index (χ2v) is 5.28. The minimum atomic E-state index is 0.821. The van der Waals surface area contributed by atoms with Crippen LogP contribution in [0.5, 0.6) is 0 Å². The fourth-order valence-electron chi connectivity index (χ4n) is 2.19. The van der Waals surface area contributed by atoms with Crippen LogP contribution in [-0.4, -0.2) is 18.1 Å². The van der Waals surface area contributed by atoms with Gasteiger partial charge in [0.25, 0.3) is 0 Å². The number of anilines is 2. The Balaban J connectivity index is 1.99. The van der Waals surface area contributed by atoms with Crippen molar-refractivity contribution in [1.82, 2.24) is 4.98 Å². The third-order valence-electron chi connectivity index (χ3n) is 3.21. The van der Waals surface area contributed by atoms with Crippen LogP contribution >= 0.6 is 11.3 Å². The van der Waals surface area contributed by atoms with Crippen LogP contribution in [-0.2, 0) is 0 Å². The summed E-state index contributed by atoms with van der Waals surface area (Å²) in [5.74, 6) is 0.910. The molecular weight excluding hydrogens is 206 g/mol. The van der Waals surface area contributed by atoms with Crippen molar-refractivity contribution in [2.45, 2.75) is 32.6 Å². The topological polar surface area (TPSA) is 42.2 Å². The van der Waals surface area contributed by atoms with Gasteiger partial charge in [0.1, 0.15) is 5.00 Å². The lowest BCUT2D eigenvalue weighted by atomic mass is 9.98. The quantitative estimate of drug-likeness (QED) is 0.841. The molecule has 1 aromatic heterocycles. The molecule has 0 aliphatic carbocycles. The van der Waals surface area contributed by atoms with Gasteiger partial charge in [-0.1, -0.05) is 24.7 Å². The van der Waals surface area contributed by atoms with E-state index in [-0.39, 0.29) is 0 Å². The summed E-state index contributed by atoms with van der Waals surface area (Å²) in [6.07, 6.45) is 7.04. The summed E-state index contributed by atoms with van der Waals surface area (Å²) >= 11 is 1.60. The molecule has 0 amide bonds. The summed E-state index contributed by atoms with van der Waals surface area (Å²) < 4.78 is 0. The Bertz CT molecular complexity index is 311. The van der Waals surface area contributed by atoms with Crippen LogP contribution in [0.4, 0.5) is 10.1 Å². The molecular formula is C11H19N3S. The van der Waals surface area contributed by atoms with E-state index in [1.807, 2.05) is 0 Å². The van der Waals surface area contributed by atoms with Gasteiger partial charge in [0.15, 0.2) is 5.13 Å². The molecule has 3 nitrogen and oxygen atoms in total. The van der Waals surface area contributed by atoms with Gasteiger partial charge in [0, 0.05) is 13.1 Å². The molecule has 1 fully saturated rings. The summed E-state index contributed by atoms with van der Waals surface area (Å²) in [5, 5.41) is 1.92. The molecule has 0 aromatic carbocycles. The largest absolute Gasteiger partial charge is 0.389 e. The normalized spacial score (nSPS) is 22.7. The third kappa shape index (κ3) is 2.62. The van der Waals surface area contributed by atoms with Gasteiger partial charge in [0.05, 0.1) is 6.20 Å². The average Bonchev–Trinajstić information content (AvgIpc) is 2.54. The molecule has 1 saturated heterocycles. The molecule has 2 rings (SSSR count). The summed E-state index contributed by atoms with van der Waals surface area (Å²) in [7, 11) is 0. The summed E-state index contributed by atoms with van der Waals surface area (Å²) in [6, 6.07) is 0. The van der Waals surface area contributed by atoms with Gasteiger partial charge in [-0.25, -0.2) is 4.98 Å². The van der Waals surface area contributed by atoms with Crippen molar-refractivity contribution in [2.75, 3.05) is 23.7 Å². The van der Waals surface area contributed by atoms with E-state index in [1.54, 1.807) is 17.5 Å². The maximum atomic E-state index is 5.71. The first-order valence-corrected chi connectivity index (χ1v) is 6.57. The molecule has 0 bridgehead atoms. The lowest BCUT2D eigenvalue weighted by molar-refractivity contribution is 0.459. The predicted octanol–water partition coefficient (Wildman–Crippen LogP) is 2.74. The Morgan fingerprint density at radius 3 is 3.07 bits per heavy atom. The highest BCUT2D eigenvalue weighted by Crippen LogP contribution is 2.28. The van der Waals surface area contributed by atoms with E-state index in [4.69, 9.17) is 5.73 Å². The van der Waals surface area contributed by atoms with Gasteiger partial charge in [0.2, 0.25) is 0 Å².